The molecular formula is C12H23N3O2S. The Morgan fingerprint density at radius 3 is 2.50 bits per heavy atom. The smallest absolute Gasteiger partial charge is 0.148 e. The average molecular weight is 273 g/mol. The number of hydrogen-bond acceptors (Lipinski definition) is 5. The van der Waals surface area contributed by atoms with Gasteiger partial charge in [0, 0.05) is 25.4 Å². The summed E-state index contributed by atoms with van der Waals surface area (Å²) in [6.07, 6.45) is 4.26. The number of nitriles is 1. The molecule has 0 aromatic rings. The molecule has 6 heteroatoms. The summed E-state index contributed by atoms with van der Waals surface area (Å²) >= 11 is 0. The zero-order valence-corrected chi connectivity index (χ0v) is 12.3. The maximum atomic E-state index is 11.1. The Bertz CT molecular complexity index is 412. The first-order valence-electron chi connectivity index (χ1n) is 6.29. The van der Waals surface area contributed by atoms with Gasteiger partial charge in [0.2, 0.25) is 0 Å². The van der Waals surface area contributed by atoms with Crippen LogP contribution in [0.25, 0.3) is 0 Å². The van der Waals surface area contributed by atoms with Gasteiger partial charge in [0.05, 0.1) is 11.8 Å². The van der Waals surface area contributed by atoms with E-state index < -0.39 is 15.4 Å². The lowest BCUT2D eigenvalue weighted by Crippen LogP contribution is -2.45. The summed E-state index contributed by atoms with van der Waals surface area (Å²) in [6, 6.07) is 2.82. The maximum absolute atomic E-state index is 11.1. The van der Waals surface area contributed by atoms with Gasteiger partial charge in [-0.2, -0.15) is 5.26 Å². The van der Waals surface area contributed by atoms with Crippen molar-refractivity contribution in [3.8, 4) is 6.07 Å². The lowest BCUT2D eigenvalue weighted by atomic mass is 9.99. The first-order chi connectivity index (χ1) is 8.24. The van der Waals surface area contributed by atoms with Gasteiger partial charge in [-0.3, -0.25) is 5.32 Å². The fraction of sp³-hybridized carbons (Fsp3) is 0.917. The van der Waals surface area contributed by atoms with Crippen LogP contribution in [0.3, 0.4) is 0 Å². The number of hydrogen-bond donors (Lipinski definition) is 1. The first kappa shape index (κ1) is 15.4. The molecule has 5 nitrogen and oxygen atoms in total. The zero-order chi connectivity index (χ0) is 13.8. The lowest BCUT2D eigenvalue weighted by Gasteiger charge is -2.26. The second-order valence-corrected chi connectivity index (χ2v) is 7.81. The van der Waals surface area contributed by atoms with Gasteiger partial charge < -0.3 is 4.90 Å². The van der Waals surface area contributed by atoms with Crippen LogP contribution < -0.4 is 5.32 Å². The summed E-state index contributed by atoms with van der Waals surface area (Å²) in [5.41, 5.74) is -0.499. The molecule has 0 radical (unpaired) electrons. The third-order valence-electron chi connectivity index (χ3n) is 3.18. The van der Waals surface area contributed by atoms with E-state index >= 15 is 0 Å². The average Bonchev–Trinajstić information content (AvgIpc) is 3.06. The molecule has 0 bridgehead atoms. The van der Waals surface area contributed by atoms with Crippen LogP contribution in [0.5, 0.6) is 0 Å². The van der Waals surface area contributed by atoms with Crippen molar-refractivity contribution >= 4 is 9.84 Å². The highest BCUT2D eigenvalue weighted by molar-refractivity contribution is 7.90. The Balaban J connectivity index is 2.31. The Kier molecular flexibility index (Phi) is 5.14. The van der Waals surface area contributed by atoms with E-state index in [1.807, 2.05) is 18.9 Å². The summed E-state index contributed by atoms with van der Waals surface area (Å²) < 4.78 is 22.1. The van der Waals surface area contributed by atoms with Crippen LogP contribution in [0.1, 0.15) is 26.2 Å². The van der Waals surface area contributed by atoms with E-state index in [9.17, 15) is 13.7 Å². The van der Waals surface area contributed by atoms with Crippen molar-refractivity contribution in [2.45, 2.75) is 37.8 Å². The quantitative estimate of drug-likeness (QED) is 0.692. The zero-order valence-electron chi connectivity index (χ0n) is 11.4. The highest BCUT2D eigenvalue weighted by Crippen LogP contribution is 2.23. The van der Waals surface area contributed by atoms with Crippen LogP contribution in [0.2, 0.25) is 0 Å². The number of nitrogens with one attached hydrogen (secondary N) is 1. The Hall–Kier alpha value is -0.640. The molecule has 1 N–H and O–H groups in total. The van der Waals surface area contributed by atoms with Gasteiger partial charge in [0.1, 0.15) is 15.4 Å². The molecular weight excluding hydrogens is 250 g/mol. The summed E-state index contributed by atoms with van der Waals surface area (Å²) in [7, 11) is -1.02. The molecule has 0 saturated heterocycles. The Labute approximate surface area is 110 Å². The number of nitrogens with zero attached hydrogens (tertiary/aromatic N) is 2. The molecule has 104 valence electrons. The van der Waals surface area contributed by atoms with Gasteiger partial charge in [0.15, 0.2) is 0 Å². The normalized spacial score (nSPS) is 19.5. The van der Waals surface area contributed by atoms with E-state index in [1.165, 1.54) is 6.26 Å². The topological polar surface area (TPSA) is 73.2 Å². The molecule has 18 heavy (non-hydrogen) atoms. The molecule has 0 heterocycles. The number of rotatable bonds is 8. The molecule has 1 saturated carbocycles. The molecule has 0 aromatic heterocycles. The highest BCUT2D eigenvalue weighted by atomic mass is 32.2. The molecule has 0 aliphatic heterocycles. The molecule has 1 rings (SSSR count). The standard InChI is InChI=1S/C12H23N3O2S/c1-12(10-13,14-11-4-5-11)6-7-15(2)8-9-18(3,16)17/h11,14H,4-9H2,1-3H3. The van der Waals surface area contributed by atoms with Gasteiger partial charge in [-0.15, -0.1) is 0 Å². The third-order valence-corrected chi connectivity index (χ3v) is 4.11. The van der Waals surface area contributed by atoms with Crippen LogP contribution >= 0.6 is 0 Å². The minimum atomic E-state index is -2.91. The fourth-order valence-corrected chi connectivity index (χ4v) is 2.33. The second kappa shape index (κ2) is 6.00. The molecule has 1 unspecified atom stereocenters. The monoisotopic (exact) mass is 273 g/mol. The number of sulfone groups is 1. The molecule has 1 atom stereocenters. The van der Waals surface area contributed by atoms with Crippen molar-refractivity contribution < 1.29 is 8.42 Å². The summed E-state index contributed by atoms with van der Waals surface area (Å²) in [5.74, 6) is 0.169. The van der Waals surface area contributed by atoms with Gasteiger partial charge in [-0.25, -0.2) is 8.42 Å². The van der Waals surface area contributed by atoms with Crippen molar-refractivity contribution in [3.63, 3.8) is 0 Å². The van der Waals surface area contributed by atoms with Crippen LogP contribution in [-0.4, -0.2) is 57.0 Å². The molecule has 0 aromatic carbocycles. The Morgan fingerprint density at radius 1 is 1.44 bits per heavy atom. The van der Waals surface area contributed by atoms with E-state index in [0.717, 1.165) is 19.4 Å². The second-order valence-electron chi connectivity index (χ2n) is 5.55. The van der Waals surface area contributed by atoms with Crippen LogP contribution in [0.15, 0.2) is 0 Å². The van der Waals surface area contributed by atoms with Crippen LogP contribution in [0, 0.1) is 11.3 Å². The summed E-state index contributed by atoms with van der Waals surface area (Å²) in [5, 5.41) is 12.5. The Morgan fingerprint density at radius 2 is 2.06 bits per heavy atom. The molecule has 1 aliphatic carbocycles. The minimum Gasteiger partial charge on any atom is -0.305 e. The van der Waals surface area contributed by atoms with E-state index in [2.05, 4.69) is 11.4 Å². The maximum Gasteiger partial charge on any atom is 0.148 e. The third kappa shape index (κ3) is 6.34. The van der Waals surface area contributed by atoms with E-state index in [-0.39, 0.29) is 5.75 Å². The SMILES string of the molecule is CN(CCC(C)(C#N)NC1CC1)CCS(C)(=O)=O. The first-order valence-corrected chi connectivity index (χ1v) is 8.35. The van der Waals surface area contributed by atoms with E-state index in [1.54, 1.807) is 0 Å². The van der Waals surface area contributed by atoms with E-state index in [0.29, 0.717) is 19.0 Å². The van der Waals surface area contributed by atoms with Crippen molar-refractivity contribution in [1.82, 2.24) is 10.2 Å². The predicted octanol–water partition coefficient (Wildman–Crippen LogP) is 0.387. The molecule has 1 fully saturated rings. The molecule has 0 amide bonds. The van der Waals surface area contributed by atoms with Crippen LogP contribution in [-0.2, 0) is 9.84 Å². The highest BCUT2D eigenvalue weighted by Gasteiger charge is 2.32. The van der Waals surface area contributed by atoms with Gasteiger partial charge >= 0.3 is 0 Å². The minimum absolute atomic E-state index is 0.169. The predicted molar refractivity (Wildman–Crippen MR) is 72.0 cm³/mol. The van der Waals surface area contributed by atoms with E-state index in [4.69, 9.17) is 0 Å². The van der Waals surface area contributed by atoms with Crippen LogP contribution in [0.4, 0.5) is 0 Å². The molecule has 1 aliphatic rings. The lowest BCUT2D eigenvalue weighted by molar-refractivity contribution is 0.298. The van der Waals surface area contributed by atoms with Crippen molar-refractivity contribution in [1.29, 1.82) is 5.26 Å². The summed E-state index contributed by atoms with van der Waals surface area (Å²) in [4.78, 5) is 1.96. The van der Waals surface area contributed by atoms with Crippen molar-refractivity contribution in [2.75, 3.05) is 32.1 Å². The molecule has 0 spiro atoms. The fourth-order valence-electron chi connectivity index (χ4n) is 1.69. The van der Waals surface area contributed by atoms with Crippen molar-refractivity contribution in [3.05, 3.63) is 0 Å². The van der Waals surface area contributed by atoms with Gasteiger partial charge in [-0.1, -0.05) is 0 Å². The largest absolute Gasteiger partial charge is 0.305 e. The summed E-state index contributed by atoms with van der Waals surface area (Å²) in [6.45, 7) is 3.15. The van der Waals surface area contributed by atoms with Crippen molar-refractivity contribution in [2.24, 2.45) is 0 Å². The van der Waals surface area contributed by atoms with Gasteiger partial charge in [0.25, 0.3) is 0 Å². The van der Waals surface area contributed by atoms with Gasteiger partial charge in [-0.05, 0) is 33.2 Å².